The molecule has 0 bridgehead atoms. The van der Waals surface area contributed by atoms with Crippen molar-refractivity contribution in [1.29, 1.82) is 0 Å². The fourth-order valence-electron chi connectivity index (χ4n) is 2.66. The third kappa shape index (κ3) is 3.82. The first-order valence-corrected chi connectivity index (χ1v) is 9.80. The molecule has 1 aromatic carbocycles. The smallest absolute Gasteiger partial charge is 0.275 e. The number of nitrogens with one attached hydrogen (secondary N) is 2. The van der Waals surface area contributed by atoms with Crippen molar-refractivity contribution in [3.8, 4) is 15.6 Å². The van der Waals surface area contributed by atoms with Crippen LogP contribution in [-0.4, -0.2) is 34.5 Å². The van der Waals surface area contributed by atoms with Crippen LogP contribution in [0.3, 0.4) is 0 Å². The van der Waals surface area contributed by atoms with Crippen molar-refractivity contribution < 1.29 is 18.3 Å². The minimum Gasteiger partial charge on any atom is -0.477 e. The lowest BCUT2D eigenvalue weighted by Gasteiger charge is -2.11. The normalized spacial score (nSPS) is 16.4. The second-order valence-electron chi connectivity index (χ2n) is 5.85. The van der Waals surface area contributed by atoms with Gasteiger partial charge in [0.15, 0.2) is 0 Å². The van der Waals surface area contributed by atoms with Crippen LogP contribution in [0.4, 0.5) is 14.5 Å². The van der Waals surface area contributed by atoms with Gasteiger partial charge in [0.1, 0.15) is 34.1 Å². The Kier molecular flexibility index (Phi) is 5.10. The molecule has 1 aliphatic rings. The summed E-state index contributed by atoms with van der Waals surface area (Å²) in [4.78, 5) is 16.5. The Hall–Kier alpha value is -2.43. The predicted octanol–water partition coefficient (Wildman–Crippen LogP) is 3.54. The first-order valence-electron chi connectivity index (χ1n) is 8.15. The maximum absolute atomic E-state index is 13.9. The molecular formula is C17H14F2N4O2S2. The lowest BCUT2D eigenvalue weighted by atomic mass is 10.2. The van der Waals surface area contributed by atoms with Gasteiger partial charge in [-0.25, -0.2) is 13.8 Å². The monoisotopic (exact) mass is 408 g/mol. The number of hydrogen-bond donors (Lipinski definition) is 2. The molecule has 0 aliphatic carbocycles. The van der Waals surface area contributed by atoms with E-state index >= 15 is 0 Å². The van der Waals surface area contributed by atoms with Crippen molar-refractivity contribution in [2.24, 2.45) is 0 Å². The molecule has 1 amide bonds. The number of benzene rings is 1. The van der Waals surface area contributed by atoms with Crippen LogP contribution >= 0.6 is 22.9 Å². The molecule has 1 aliphatic heterocycles. The third-order valence-corrected chi connectivity index (χ3v) is 5.54. The number of amides is 1. The molecule has 3 heterocycles. The summed E-state index contributed by atoms with van der Waals surface area (Å²) in [7, 11) is 0. The molecule has 6 nitrogen and oxygen atoms in total. The van der Waals surface area contributed by atoms with Crippen LogP contribution in [0.15, 0.2) is 29.8 Å². The highest BCUT2D eigenvalue weighted by molar-refractivity contribution is 7.13. The number of carbonyl (C=O) groups excluding carboxylic acids is 1. The summed E-state index contributed by atoms with van der Waals surface area (Å²) >= 11 is 2.15. The van der Waals surface area contributed by atoms with Crippen LogP contribution in [0.2, 0.25) is 0 Å². The third-order valence-electron chi connectivity index (χ3n) is 3.99. The summed E-state index contributed by atoms with van der Waals surface area (Å²) in [6.45, 7) is 1.63. The molecule has 2 aromatic heterocycles. The molecule has 2 N–H and O–H groups in total. The number of ether oxygens (including phenoxy) is 1. The first-order chi connectivity index (χ1) is 13.1. The van der Waals surface area contributed by atoms with Crippen molar-refractivity contribution >= 4 is 34.5 Å². The Labute approximate surface area is 161 Å². The van der Waals surface area contributed by atoms with E-state index in [9.17, 15) is 13.6 Å². The van der Waals surface area contributed by atoms with E-state index in [2.05, 4.69) is 20.0 Å². The van der Waals surface area contributed by atoms with E-state index in [1.54, 1.807) is 0 Å². The first kappa shape index (κ1) is 18.0. The number of rotatable bonds is 5. The van der Waals surface area contributed by atoms with Gasteiger partial charge in [0.25, 0.3) is 5.91 Å². The molecule has 27 heavy (non-hydrogen) atoms. The molecule has 1 saturated heterocycles. The molecule has 10 heteroatoms. The van der Waals surface area contributed by atoms with Crippen molar-refractivity contribution in [3.63, 3.8) is 0 Å². The number of carbonyl (C=O) groups is 1. The van der Waals surface area contributed by atoms with Crippen LogP contribution < -0.4 is 15.4 Å². The van der Waals surface area contributed by atoms with Crippen LogP contribution in [0.25, 0.3) is 10.6 Å². The summed E-state index contributed by atoms with van der Waals surface area (Å²) in [5.74, 6) is -1.94. The zero-order chi connectivity index (χ0) is 18.8. The maximum atomic E-state index is 13.9. The number of hydrogen-bond acceptors (Lipinski definition) is 7. The van der Waals surface area contributed by atoms with Gasteiger partial charge in [0, 0.05) is 23.5 Å². The molecule has 0 spiro atoms. The molecule has 1 atom stereocenters. The van der Waals surface area contributed by atoms with Crippen LogP contribution in [0.5, 0.6) is 5.06 Å². The Morgan fingerprint density at radius 1 is 1.33 bits per heavy atom. The van der Waals surface area contributed by atoms with Gasteiger partial charge in [-0.15, -0.1) is 11.3 Å². The average molecular weight is 408 g/mol. The minimum atomic E-state index is -0.723. The average Bonchev–Trinajstić information content (AvgIpc) is 3.38. The van der Waals surface area contributed by atoms with E-state index in [0.717, 1.165) is 54.5 Å². The molecule has 0 radical (unpaired) electrons. The molecule has 0 unspecified atom stereocenters. The van der Waals surface area contributed by atoms with E-state index in [-0.39, 0.29) is 22.4 Å². The molecular weight excluding hydrogens is 394 g/mol. The van der Waals surface area contributed by atoms with Gasteiger partial charge in [-0.05, 0) is 25.1 Å². The van der Waals surface area contributed by atoms with Gasteiger partial charge in [0.05, 0.1) is 11.8 Å². The highest BCUT2D eigenvalue weighted by Gasteiger charge is 2.22. The largest absolute Gasteiger partial charge is 0.477 e. The standard InChI is InChI=1S/C17H14F2N4O2S2/c18-10-2-1-3-11(19)14(10)16-23-13(8-26-16)15(24)22-12-7-21-27-17(12)25-9-4-5-20-6-9/h1-3,7-9,20H,4-6H2,(H,22,24)/t9-/m1/s1. The lowest BCUT2D eigenvalue weighted by molar-refractivity contribution is 0.102. The fourth-order valence-corrected chi connectivity index (χ4v) is 4.14. The Morgan fingerprint density at radius 2 is 2.15 bits per heavy atom. The SMILES string of the molecule is O=C(Nc1cnsc1O[C@@H]1CCNC1)c1csc(-c2c(F)cccc2F)n1. The van der Waals surface area contributed by atoms with E-state index in [1.807, 2.05) is 0 Å². The van der Waals surface area contributed by atoms with Gasteiger partial charge in [-0.2, -0.15) is 4.37 Å². The second kappa shape index (κ2) is 7.67. The van der Waals surface area contributed by atoms with Crippen molar-refractivity contribution in [2.75, 3.05) is 18.4 Å². The van der Waals surface area contributed by atoms with E-state index in [0.29, 0.717) is 10.8 Å². The Morgan fingerprint density at radius 3 is 2.89 bits per heavy atom. The van der Waals surface area contributed by atoms with Crippen LogP contribution in [-0.2, 0) is 0 Å². The van der Waals surface area contributed by atoms with Gasteiger partial charge in [0.2, 0.25) is 5.06 Å². The highest BCUT2D eigenvalue weighted by atomic mass is 32.1. The quantitative estimate of drug-likeness (QED) is 0.675. The topological polar surface area (TPSA) is 76.1 Å². The van der Waals surface area contributed by atoms with Crippen molar-refractivity contribution in [3.05, 3.63) is 47.1 Å². The number of halogens is 2. The Bertz CT molecular complexity index is 949. The van der Waals surface area contributed by atoms with Gasteiger partial charge >= 0.3 is 0 Å². The van der Waals surface area contributed by atoms with Crippen LogP contribution in [0, 0.1) is 11.6 Å². The van der Waals surface area contributed by atoms with Gasteiger partial charge < -0.3 is 15.4 Å². The number of nitrogens with zero attached hydrogens (tertiary/aromatic N) is 2. The zero-order valence-electron chi connectivity index (χ0n) is 13.9. The minimum absolute atomic E-state index is 0.0380. The molecule has 4 rings (SSSR count). The second-order valence-corrected chi connectivity index (χ2v) is 7.47. The summed E-state index contributed by atoms with van der Waals surface area (Å²) < 4.78 is 37.7. The number of aromatic nitrogens is 2. The van der Waals surface area contributed by atoms with E-state index < -0.39 is 17.5 Å². The summed E-state index contributed by atoms with van der Waals surface area (Å²) in [6, 6.07) is 3.58. The van der Waals surface area contributed by atoms with Crippen LogP contribution in [0.1, 0.15) is 16.9 Å². The highest BCUT2D eigenvalue weighted by Crippen LogP contribution is 2.32. The van der Waals surface area contributed by atoms with Crippen molar-refractivity contribution in [1.82, 2.24) is 14.7 Å². The van der Waals surface area contributed by atoms with E-state index in [1.165, 1.54) is 17.6 Å². The molecule has 1 fully saturated rings. The molecule has 3 aromatic rings. The molecule has 0 saturated carbocycles. The number of anilines is 1. The van der Waals surface area contributed by atoms with Crippen molar-refractivity contribution in [2.45, 2.75) is 12.5 Å². The zero-order valence-corrected chi connectivity index (χ0v) is 15.5. The Balaban J connectivity index is 1.50. The lowest BCUT2D eigenvalue weighted by Crippen LogP contribution is -2.20. The summed E-state index contributed by atoms with van der Waals surface area (Å²) in [6.07, 6.45) is 2.43. The fraction of sp³-hybridized carbons (Fsp3) is 0.235. The van der Waals surface area contributed by atoms with E-state index in [4.69, 9.17) is 4.74 Å². The molecule has 140 valence electrons. The summed E-state index contributed by atoms with van der Waals surface area (Å²) in [5.41, 5.74) is 0.275. The number of thiazole rings is 1. The van der Waals surface area contributed by atoms with Gasteiger partial charge in [-0.3, -0.25) is 4.79 Å². The maximum Gasteiger partial charge on any atom is 0.275 e. The predicted molar refractivity (Wildman–Crippen MR) is 99.4 cm³/mol. The summed E-state index contributed by atoms with van der Waals surface area (Å²) in [5, 5.41) is 7.98. The van der Waals surface area contributed by atoms with Gasteiger partial charge in [-0.1, -0.05) is 6.07 Å².